The van der Waals surface area contributed by atoms with E-state index in [0.717, 1.165) is 24.2 Å². The predicted octanol–water partition coefficient (Wildman–Crippen LogP) is 4.64. The van der Waals surface area contributed by atoms with E-state index in [1.54, 1.807) is 26.2 Å². The number of halogens is 1. The lowest BCUT2D eigenvalue weighted by atomic mass is 10.2. The quantitative estimate of drug-likeness (QED) is 0.411. The number of carbonyl (C=O) groups excluding carboxylic acids is 1. The number of rotatable bonds is 10. The summed E-state index contributed by atoms with van der Waals surface area (Å²) in [6.45, 7) is 2.25. The molecule has 1 fully saturated rings. The standard InChI is InChI=1S/C23H24FN3O4S/c1-15(30-20-6-4-3-5-19(20)24)22-25-26-23(31-22)32-14-21(28)27(17-9-10-17)13-16-7-11-18(29-2)12-8-16/h3-8,11-12,15,17H,9-10,13-14H2,1-2H3. The zero-order chi connectivity index (χ0) is 22.5. The second kappa shape index (κ2) is 10.0. The number of hydrogen-bond donors (Lipinski definition) is 0. The second-order valence-corrected chi connectivity index (χ2v) is 8.41. The molecule has 4 rings (SSSR count). The number of methoxy groups -OCH3 is 1. The molecule has 0 aliphatic heterocycles. The molecule has 1 amide bonds. The average molecular weight is 458 g/mol. The molecular formula is C23H24FN3O4S. The second-order valence-electron chi connectivity index (χ2n) is 7.49. The van der Waals surface area contributed by atoms with E-state index in [1.165, 1.54) is 23.9 Å². The molecule has 2 aromatic carbocycles. The van der Waals surface area contributed by atoms with Crippen LogP contribution in [0.25, 0.3) is 0 Å². The highest BCUT2D eigenvalue weighted by Crippen LogP contribution is 2.30. The van der Waals surface area contributed by atoms with Gasteiger partial charge in [-0.3, -0.25) is 4.79 Å². The minimum atomic E-state index is -0.623. The molecule has 1 aromatic heterocycles. The van der Waals surface area contributed by atoms with Crippen LogP contribution >= 0.6 is 11.8 Å². The third-order valence-corrected chi connectivity index (χ3v) is 5.85. The van der Waals surface area contributed by atoms with E-state index in [2.05, 4.69) is 10.2 Å². The van der Waals surface area contributed by atoms with Gasteiger partial charge in [0, 0.05) is 12.6 Å². The monoisotopic (exact) mass is 457 g/mol. The van der Waals surface area contributed by atoms with Crippen LogP contribution in [-0.2, 0) is 11.3 Å². The van der Waals surface area contributed by atoms with E-state index in [1.807, 2.05) is 29.2 Å². The van der Waals surface area contributed by atoms with E-state index in [9.17, 15) is 9.18 Å². The van der Waals surface area contributed by atoms with Crippen LogP contribution in [0.4, 0.5) is 4.39 Å². The summed E-state index contributed by atoms with van der Waals surface area (Å²) in [4.78, 5) is 14.8. The molecule has 7 nitrogen and oxygen atoms in total. The molecule has 1 saturated carbocycles. The van der Waals surface area contributed by atoms with Gasteiger partial charge < -0.3 is 18.8 Å². The minimum Gasteiger partial charge on any atom is -0.497 e. The highest BCUT2D eigenvalue weighted by atomic mass is 32.2. The van der Waals surface area contributed by atoms with Crippen molar-refractivity contribution in [3.63, 3.8) is 0 Å². The van der Waals surface area contributed by atoms with Gasteiger partial charge in [-0.15, -0.1) is 10.2 Å². The molecule has 0 saturated heterocycles. The number of aromatic nitrogens is 2. The summed E-state index contributed by atoms with van der Waals surface area (Å²) >= 11 is 1.19. The van der Waals surface area contributed by atoms with E-state index in [4.69, 9.17) is 13.9 Å². The molecule has 9 heteroatoms. The van der Waals surface area contributed by atoms with Crippen molar-refractivity contribution in [2.75, 3.05) is 12.9 Å². The Hall–Kier alpha value is -3.07. The first kappa shape index (κ1) is 22.1. The molecule has 1 atom stereocenters. The Morgan fingerprint density at radius 3 is 2.66 bits per heavy atom. The lowest BCUT2D eigenvalue weighted by Gasteiger charge is -2.22. The van der Waals surface area contributed by atoms with Gasteiger partial charge in [-0.1, -0.05) is 36.0 Å². The minimum absolute atomic E-state index is 0.0173. The Labute approximate surface area is 189 Å². The van der Waals surface area contributed by atoms with Crippen LogP contribution in [0.5, 0.6) is 11.5 Å². The predicted molar refractivity (Wildman–Crippen MR) is 117 cm³/mol. The lowest BCUT2D eigenvalue weighted by molar-refractivity contribution is -0.129. The summed E-state index contributed by atoms with van der Waals surface area (Å²) in [5.74, 6) is 0.868. The number of amides is 1. The number of nitrogens with zero attached hydrogens (tertiary/aromatic N) is 3. The summed E-state index contributed by atoms with van der Waals surface area (Å²) in [5.41, 5.74) is 1.05. The summed E-state index contributed by atoms with van der Waals surface area (Å²) in [7, 11) is 1.63. The van der Waals surface area contributed by atoms with Crippen LogP contribution in [0.3, 0.4) is 0 Å². The fourth-order valence-electron chi connectivity index (χ4n) is 3.17. The largest absolute Gasteiger partial charge is 0.497 e. The van der Waals surface area contributed by atoms with Crippen LogP contribution in [0, 0.1) is 5.82 Å². The maximum Gasteiger partial charge on any atom is 0.277 e. The molecule has 0 radical (unpaired) electrons. The summed E-state index contributed by atoms with van der Waals surface area (Å²) < 4.78 is 30.2. The third-order valence-electron chi connectivity index (χ3n) is 5.05. The van der Waals surface area contributed by atoms with Crippen molar-refractivity contribution in [3.05, 3.63) is 65.8 Å². The van der Waals surface area contributed by atoms with Crippen molar-refractivity contribution < 1.29 is 23.1 Å². The van der Waals surface area contributed by atoms with Crippen LogP contribution < -0.4 is 9.47 Å². The van der Waals surface area contributed by atoms with Gasteiger partial charge in [0.1, 0.15) is 5.75 Å². The third kappa shape index (κ3) is 5.59. The maximum absolute atomic E-state index is 13.8. The van der Waals surface area contributed by atoms with Crippen molar-refractivity contribution in [1.29, 1.82) is 0 Å². The molecule has 1 aliphatic rings. The molecule has 32 heavy (non-hydrogen) atoms. The zero-order valence-electron chi connectivity index (χ0n) is 17.9. The summed E-state index contributed by atoms with van der Waals surface area (Å²) in [6.07, 6.45) is 1.41. The summed E-state index contributed by atoms with van der Waals surface area (Å²) in [6, 6.07) is 14.1. The Morgan fingerprint density at radius 2 is 1.97 bits per heavy atom. The van der Waals surface area contributed by atoms with E-state index < -0.39 is 11.9 Å². The van der Waals surface area contributed by atoms with Gasteiger partial charge in [0.2, 0.25) is 5.91 Å². The number of para-hydroxylation sites is 1. The first-order valence-electron chi connectivity index (χ1n) is 10.3. The van der Waals surface area contributed by atoms with Gasteiger partial charge in [-0.2, -0.15) is 0 Å². The molecule has 1 heterocycles. The van der Waals surface area contributed by atoms with E-state index in [-0.39, 0.29) is 34.6 Å². The smallest absolute Gasteiger partial charge is 0.277 e. The van der Waals surface area contributed by atoms with Gasteiger partial charge in [-0.05, 0) is 49.6 Å². The molecule has 1 unspecified atom stereocenters. The maximum atomic E-state index is 13.8. The first-order valence-corrected chi connectivity index (χ1v) is 11.3. The number of hydrogen-bond acceptors (Lipinski definition) is 7. The number of ether oxygens (including phenoxy) is 2. The molecule has 0 N–H and O–H groups in total. The Bertz CT molecular complexity index is 1060. The van der Waals surface area contributed by atoms with Gasteiger partial charge in [0.25, 0.3) is 11.1 Å². The molecule has 168 valence electrons. The fraction of sp³-hybridized carbons (Fsp3) is 0.348. The van der Waals surface area contributed by atoms with E-state index in [0.29, 0.717) is 6.54 Å². The van der Waals surface area contributed by atoms with Gasteiger partial charge in [0.05, 0.1) is 12.9 Å². The van der Waals surface area contributed by atoms with Gasteiger partial charge in [0.15, 0.2) is 17.7 Å². The van der Waals surface area contributed by atoms with Crippen LogP contribution in [0.1, 0.15) is 37.3 Å². The van der Waals surface area contributed by atoms with Crippen molar-refractivity contribution in [3.8, 4) is 11.5 Å². The highest BCUT2D eigenvalue weighted by Gasteiger charge is 2.32. The molecule has 3 aromatic rings. The average Bonchev–Trinajstić information content (AvgIpc) is 3.54. The number of benzene rings is 2. The van der Waals surface area contributed by atoms with Crippen molar-refractivity contribution in [2.45, 2.75) is 43.7 Å². The fourth-order valence-corrected chi connectivity index (χ4v) is 3.82. The van der Waals surface area contributed by atoms with Gasteiger partial charge in [-0.25, -0.2) is 4.39 Å². The molecule has 1 aliphatic carbocycles. The van der Waals surface area contributed by atoms with E-state index >= 15 is 0 Å². The Morgan fingerprint density at radius 1 is 1.22 bits per heavy atom. The topological polar surface area (TPSA) is 77.7 Å². The van der Waals surface area contributed by atoms with Crippen LogP contribution in [0.15, 0.2) is 58.2 Å². The zero-order valence-corrected chi connectivity index (χ0v) is 18.7. The van der Waals surface area contributed by atoms with Crippen LogP contribution in [0.2, 0.25) is 0 Å². The van der Waals surface area contributed by atoms with Crippen LogP contribution in [-0.4, -0.2) is 39.9 Å². The Balaban J connectivity index is 1.32. The van der Waals surface area contributed by atoms with Crippen molar-refractivity contribution >= 4 is 17.7 Å². The first-order chi connectivity index (χ1) is 15.5. The normalized spacial score (nSPS) is 14.1. The number of thioether (sulfide) groups is 1. The number of carbonyl (C=O) groups is 1. The van der Waals surface area contributed by atoms with Crippen molar-refractivity contribution in [2.24, 2.45) is 0 Å². The Kier molecular flexibility index (Phi) is 6.94. The molecule has 0 bridgehead atoms. The lowest BCUT2D eigenvalue weighted by Crippen LogP contribution is -2.33. The SMILES string of the molecule is COc1ccc(CN(C(=O)CSc2nnc(C(C)Oc3ccccc3F)o2)C2CC2)cc1. The molecule has 0 spiro atoms. The highest BCUT2D eigenvalue weighted by molar-refractivity contribution is 7.99. The van der Waals surface area contributed by atoms with Gasteiger partial charge >= 0.3 is 0 Å². The summed E-state index contributed by atoms with van der Waals surface area (Å²) in [5, 5.41) is 8.23. The van der Waals surface area contributed by atoms with Crippen molar-refractivity contribution in [1.82, 2.24) is 15.1 Å². The molecular weight excluding hydrogens is 433 g/mol.